The van der Waals surface area contributed by atoms with Gasteiger partial charge in [-0.05, 0) is 13.8 Å². The zero-order valence-electron chi connectivity index (χ0n) is 9.02. The Morgan fingerprint density at radius 2 is 1.44 bits per heavy atom. The molecular weight excluding hydrogens is 224 g/mol. The van der Waals surface area contributed by atoms with Gasteiger partial charge < -0.3 is 14.6 Å². The van der Waals surface area contributed by atoms with Crippen LogP contribution in [0.3, 0.4) is 0 Å². The van der Waals surface area contributed by atoms with Crippen molar-refractivity contribution in [2.45, 2.75) is 26.1 Å². The minimum Gasteiger partial charge on any atom is -0.472 e. The van der Waals surface area contributed by atoms with Crippen molar-refractivity contribution in [1.29, 1.82) is 0 Å². The van der Waals surface area contributed by atoms with Crippen LogP contribution in [0, 0.1) is 13.8 Å². The highest BCUT2D eigenvalue weighted by Crippen LogP contribution is 2.46. The monoisotopic (exact) mass is 236 g/mol. The van der Waals surface area contributed by atoms with Gasteiger partial charge in [0, 0.05) is 32.0 Å². The maximum atomic E-state index is 10.2. The summed E-state index contributed by atoms with van der Waals surface area (Å²) < 4.78 is 5.07. The highest BCUT2D eigenvalue weighted by molar-refractivity contribution is 7.12. The molecule has 2 aromatic rings. The third-order valence-corrected chi connectivity index (χ3v) is 4.27. The molecule has 0 bridgehead atoms. The number of aliphatic hydroxyl groups is 2. The second-order valence-corrected chi connectivity index (χ2v) is 5.56. The number of rotatable bonds is 0. The molecule has 0 saturated heterocycles. The van der Waals surface area contributed by atoms with Crippen LogP contribution in [0.5, 0.6) is 0 Å². The molecule has 3 rings (SSSR count). The number of hydrogen-bond donors (Lipinski definition) is 2. The van der Waals surface area contributed by atoms with Gasteiger partial charge in [-0.15, -0.1) is 11.3 Å². The first-order chi connectivity index (χ1) is 7.61. The van der Waals surface area contributed by atoms with E-state index in [1.807, 2.05) is 13.8 Å². The summed E-state index contributed by atoms with van der Waals surface area (Å²) in [5.74, 6) is 0. The summed E-state index contributed by atoms with van der Waals surface area (Å²) in [5, 5.41) is 20.5. The van der Waals surface area contributed by atoms with Gasteiger partial charge in [0.1, 0.15) is 12.2 Å². The van der Waals surface area contributed by atoms with Crippen molar-refractivity contribution in [1.82, 2.24) is 0 Å². The molecule has 2 atom stereocenters. The lowest BCUT2D eigenvalue weighted by molar-refractivity contribution is 0.174. The van der Waals surface area contributed by atoms with E-state index in [9.17, 15) is 10.2 Å². The summed E-state index contributed by atoms with van der Waals surface area (Å²) in [5.41, 5.74) is 3.06. The first-order valence-corrected chi connectivity index (χ1v) is 5.94. The molecule has 2 N–H and O–H groups in total. The van der Waals surface area contributed by atoms with E-state index < -0.39 is 12.2 Å². The summed E-state index contributed by atoms with van der Waals surface area (Å²) in [6.45, 7) is 3.94. The van der Waals surface area contributed by atoms with Crippen LogP contribution in [0.15, 0.2) is 16.9 Å². The van der Waals surface area contributed by atoms with Crippen LogP contribution >= 0.6 is 11.3 Å². The molecule has 0 fully saturated rings. The van der Waals surface area contributed by atoms with E-state index >= 15 is 0 Å². The van der Waals surface area contributed by atoms with Crippen molar-refractivity contribution in [3.05, 3.63) is 44.5 Å². The molecule has 4 heteroatoms. The molecule has 3 nitrogen and oxygen atoms in total. The van der Waals surface area contributed by atoms with E-state index in [-0.39, 0.29) is 0 Å². The molecule has 1 aliphatic rings. The lowest BCUT2D eigenvalue weighted by Crippen LogP contribution is -2.15. The molecule has 2 heterocycles. The van der Waals surface area contributed by atoms with Gasteiger partial charge in [-0.25, -0.2) is 0 Å². The van der Waals surface area contributed by atoms with Crippen LogP contribution in [0.1, 0.15) is 44.2 Å². The minimum absolute atomic E-state index is 0.669. The summed E-state index contributed by atoms with van der Waals surface area (Å²) >= 11 is 1.62. The smallest absolute Gasteiger partial charge is 0.109 e. The molecule has 16 heavy (non-hydrogen) atoms. The van der Waals surface area contributed by atoms with E-state index in [1.165, 1.54) is 12.5 Å². The topological polar surface area (TPSA) is 53.6 Å². The molecule has 2 aromatic heterocycles. The Hall–Kier alpha value is -1.10. The summed E-state index contributed by atoms with van der Waals surface area (Å²) in [7, 11) is 0. The average Bonchev–Trinajstić information content (AvgIpc) is 2.80. The fraction of sp³-hybridized carbons (Fsp3) is 0.333. The maximum Gasteiger partial charge on any atom is 0.109 e. The van der Waals surface area contributed by atoms with Crippen LogP contribution in [-0.4, -0.2) is 10.2 Å². The van der Waals surface area contributed by atoms with Gasteiger partial charge in [-0.3, -0.25) is 0 Å². The highest BCUT2D eigenvalue weighted by atomic mass is 32.1. The number of aliphatic hydroxyl groups excluding tert-OH is 2. The van der Waals surface area contributed by atoms with Crippen LogP contribution in [0.2, 0.25) is 0 Å². The van der Waals surface area contributed by atoms with Gasteiger partial charge >= 0.3 is 0 Å². The molecule has 0 aliphatic heterocycles. The van der Waals surface area contributed by atoms with Crippen molar-refractivity contribution in [2.75, 3.05) is 0 Å². The van der Waals surface area contributed by atoms with E-state index in [1.54, 1.807) is 11.3 Å². The Bertz CT molecular complexity index is 508. The molecule has 0 aromatic carbocycles. The average molecular weight is 236 g/mol. The SMILES string of the molecule is Cc1sc(C)c2c1C(O)c1cocc1C2O. The van der Waals surface area contributed by atoms with Crippen molar-refractivity contribution >= 4 is 11.3 Å². The molecule has 0 amide bonds. The van der Waals surface area contributed by atoms with E-state index in [4.69, 9.17) is 4.42 Å². The van der Waals surface area contributed by atoms with Gasteiger partial charge in [-0.1, -0.05) is 0 Å². The number of fused-ring (bicyclic) bond motifs is 2. The molecule has 84 valence electrons. The number of hydrogen-bond acceptors (Lipinski definition) is 4. The van der Waals surface area contributed by atoms with Gasteiger partial charge in [0.15, 0.2) is 0 Å². The van der Waals surface area contributed by atoms with Crippen molar-refractivity contribution in [2.24, 2.45) is 0 Å². The van der Waals surface area contributed by atoms with E-state index in [0.29, 0.717) is 11.1 Å². The Morgan fingerprint density at radius 1 is 1.00 bits per heavy atom. The van der Waals surface area contributed by atoms with Crippen molar-refractivity contribution < 1.29 is 14.6 Å². The van der Waals surface area contributed by atoms with Gasteiger partial charge in [0.2, 0.25) is 0 Å². The molecule has 0 spiro atoms. The van der Waals surface area contributed by atoms with E-state index in [2.05, 4.69) is 0 Å². The third kappa shape index (κ3) is 1.09. The second kappa shape index (κ2) is 3.20. The minimum atomic E-state index is -0.669. The fourth-order valence-electron chi connectivity index (χ4n) is 2.47. The Kier molecular flexibility index (Phi) is 2.01. The standard InChI is InChI=1S/C12H12O3S/c1-5-9-10(6(2)16-5)12(14)8-4-15-3-7(8)11(9)13/h3-4,11-14H,1-2H3. The number of furan rings is 1. The van der Waals surface area contributed by atoms with Gasteiger partial charge in [-0.2, -0.15) is 0 Å². The molecule has 1 aliphatic carbocycles. The first kappa shape index (κ1) is 10.1. The normalized spacial score (nSPS) is 23.0. The van der Waals surface area contributed by atoms with Crippen molar-refractivity contribution in [3.8, 4) is 0 Å². The third-order valence-electron chi connectivity index (χ3n) is 3.21. The molecule has 0 saturated carbocycles. The molecule has 0 radical (unpaired) electrons. The quantitative estimate of drug-likeness (QED) is 0.738. The summed E-state index contributed by atoms with van der Waals surface area (Å²) in [6.07, 6.45) is 1.69. The van der Waals surface area contributed by atoms with Crippen molar-refractivity contribution in [3.63, 3.8) is 0 Å². The second-order valence-electron chi connectivity index (χ2n) is 4.13. The van der Waals surface area contributed by atoms with E-state index in [0.717, 1.165) is 20.9 Å². The van der Waals surface area contributed by atoms with Crippen LogP contribution in [0.25, 0.3) is 0 Å². The fourth-order valence-corrected chi connectivity index (χ4v) is 3.59. The first-order valence-electron chi connectivity index (χ1n) is 5.13. The zero-order valence-corrected chi connectivity index (χ0v) is 9.84. The van der Waals surface area contributed by atoms with Gasteiger partial charge in [0.05, 0.1) is 12.5 Å². The Labute approximate surface area is 97.0 Å². The lowest BCUT2D eigenvalue weighted by Gasteiger charge is -2.24. The van der Waals surface area contributed by atoms with Crippen LogP contribution < -0.4 is 0 Å². The summed E-state index contributed by atoms with van der Waals surface area (Å²) in [6, 6.07) is 0. The lowest BCUT2D eigenvalue weighted by atomic mass is 9.85. The Morgan fingerprint density at radius 3 is 1.88 bits per heavy atom. The predicted octanol–water partition coefficient (Wildman–Crippen LogP) is 2.43. The number of aryl methyl sites for hydroxylation is 2. The van der Waals surface area contributed by atoms with Crippen LogP contribution in [0.4, 0.5) is 0 Å². The maximum absolute atomic E-state index is 10.2. The largest absolute Gasteiger partial charge is 0.472 e. The number of thiophene rings is 1. The van der Waals surface area contributed by atoms with Crippen LogP contribution in [-0.2, 0) is 0 Å². The molecular formula is C12H12O3S. The zero-order chi connectivity index (χ0) is 11.4. The van der Waals surface area contributed by atoms with Gasteiger partial charge in [0.25, 0.3) is 0 Å². The highest BCUT2D eigenvalue weighted by Gasteiger charge is 2.35. The molecule has 2 unspecified atom stereocenters. The Balaban J connectivity index is 2.31. The summed E-state index contributed by atoms with van der Waals surface area (Å²) in [4.78, 5) is 2.12. The predicted molar refractivity (Wildman–Crippen MR) is 60.6 cm³/mol.